The van der Waals surface area contributed by atoms with Gasteiger partial charge in [-0.1, -0.05) is 24.6 Å². The predicted molar refractivity (Wildman–Crippen MR) is 93.9 cm³/mol. The first-order valence-electron chi connectivity index (χ1n) is 7.58. The molecule has 0 fully saturated rings. The standard InChI is InChI=1S/C17H21ClN2O2S/c1-4-12(2)20(13(3)21)9-15-11-23-17(19-15)10-22-16-7-5-6-14(18)8-16/h5-8,11-12H,4,9-10H2,1-3H3/t12-/m1/s1. The van der Waals surface area contributed by atoms with Gasteiger partial charge in [0.25, 0.3) is 0 Å². The van der Waals surface area contributed by atoms with Gasteiger partial charge in [-0.3, -0.25) is 4.79 Å². The second-order valence-corrected chi connectivity index (χ2v) is 6.76. The van der Waals surface area contributed by atoms with Crippen LogP contribution in [0.1, 0.15) is 37.9 Å². The average Bonchev–Trinajstić information content (AvgIpc) is 2.97. The fraction of sp³-hybridized carbons (Fsp3) is 0.412. The van der Waals surface area contributed by atoms with Crippen molar-refractivity contribution in [3.8, 4) is 5.75 Å². The molecule has 6 heteroatoms. The number of hydrogen-bond acceptors (Lipinski definition) is 4. The Morgan fingerprint density at radius 3 is 2.91 bits per heavy atom. The fourth-order valence-corrected chi connectivity index (χ4v) is 3.04. The normalized spacial score (nSPS) is 12.0. The molecule has 1 atom stereocenters. The minimum atomic E-state index is 0.0732. The third-order valence-electron chi connectivity index (χ3n) is 3.62. The van der Waals surface area contributed by atoms with Crippen LogP contribution in [0.5, 0.6) is 5.75 Å². The van der Waals surface area contributed by atoms with Gasteiger partial charge in [0.2, 0.25) is 5.91 Å². The Balaban J connectivity index is 1.96. The van der Waals surface area contributed by atoms with Crippen LogP contribution in [0, 0.1) is 0 Å². The van der Waals surface area contributed by atoms with E-state index < -0.39 is 0 Å². The van der Waals surface area contributed by atoms with Crippen LogP contribution in [0.2, 0.25) is 5.02 Å². The first kappa shape index (κ1) is 17.8. The third kappa shape index (κ3) is 5.22. The van der Waals surface area contributed by atoms with E-state index in [2.05, 4.69) is 18.8 Å². The van der Waals surface area contributed by atoms with E-state index in [4.69, 9.17) is 16.3 Å². The van der Waals surface area contributed by atoms with Gasteiger partial charge in [-0.15, -0.1) is 11.3 Å². The highest BCUT2D eigenvalue weighted by Crippen LogP contribution is 2.20. The summed E-state index contributed by atoms with van der Waals surface area (Å²) in [4.78, 5) is 18.2. The SMILES string of the molecule is CC[C@@H](C)N(Cc1csc(COc2cccc(Cl)c2)n1)C(C)=O. The van der Waals surface area contributed by atoms with Crippen molar-refractivity contribution in [1.82, 2.24) is 9.88 Å². The molecule has 2 rings (SSSR count). The van der Waals surface area contributed by atoms with E-state index in [-0.39, 0.29) is 11.9 Å². The quantitative estimate of drug-likeness (QED) is 0.735. The largest absolute Gasteiger partial charge is 0.486 e. The maximum absolute atomic E-state index is 11.8. The predicted octanol–water partition coefficient (Wildman–Crippen LogP) is 4.52. The van der Waals surface area contributed by atoms with Crippen LogP contribution in [-0.2, 0) is 17.9 Å². The number of thiazole rings is 1. The molecular formula is C17H21ClN2O2S. The molecule has 124 valence electrons. The summed E-state index contributed by atoms with van der Waals surface area (Å²) in [5, 5.41) is 3.51. The van der Waals surface area contributed by atoms with E-state index in [9.17, 15) is 4.79 Å². The molecule has 0 radical (unpaired) electrons. The van der Waals surface area contributed by atoms with Crippen LogP contribution in [0.4, 0.5) is 0 Å². The van der Waals surface area contributed by atoms with Crippen molar-refractivity contribution in [2.75, 3.05) is 0 Å². The Bertz CT molecular complexity index is 660. The molecule has 0 aliphatic heterocycles. The Morgan fingerprint density at radius 1 is 1.48 bits per heavy atom. The lowest BCUT2D eigenvalue weighted by Crippen LogP contribution is -2.36. The van der Waals surface area contributed by atoms with Gasteiger partial charge in [0.05, 0.1) is 12.2 Å². The zero-order valence-electron chi connectivity index (χ0n) is 13.6. The molecule has 0 saturated carbocycles. The molecule has 1 aromatic heterocycles. The van der Waals surface area contributed by atoms with Gasteiger partial charge >= 0.3 is 0 Å². The van der Waals surface area contributed by atoms with E-state index >= 15 is 0 Å². The lowest BCUT2D eigenvalue weighted by Gasteiger charge is -2.26. The van der Waals surface area contributed by atoms with E-state index in [0.29, 0.717) is 18.2 Å². The molecule has 0 saturated heterocycles. The van der Waals surface area contributed by atoms with Gasteiger partial charge in [0.15, 0.2) is 0 Å². The van der Waals surface area contributed by atoms with Crippen molar-refractivity contribution in [2.24, 2.45) is 0 Å². The Labute approximate surface area is 146 Å². The highest BCUT2D eigenvalue weighted by molar-refractivity contribution is 7.09. The Hall–Kier alpha value is -1.59. The highest BCUT2D eigenvalue weighted by Gasteiger charge is 2.17. The molecule has 1 aromatic carbocycles. The van der Waals surface area contributed by atoms with Crippen LogP contribution in [0.3, 0.4) is 0 Å². The first-order chi connectivity index (χ1) is 11.0. The van der Waals surface area contributed by atoms with E-state index in [0.717, 1.165) is 22.9 Å². The maximum Gasteiger partial charge on any atom is 0.220 e. The summed E-state index contributed by atoms with van der Waals surface area (Å²) in [6, 6.07) is 7.50. The van der Waals surface area contributed by atoms with Gasteiger partial charge in [-0.25, -0.2) is 4.98 Å². The molecule has 0 bridgehead atoms. The second kappa shape index (κ2) is 8.31. The summed E-state index contributed by atoms with van der Waals surface area (Å²) in [6.07, 6.45) is 0.925. The van der Waals surface area contributed by atoms with E-state index in [1.807, 2.05) is 22.4 Å². The Kier molecular flexibility index (Phi) is 6.42. The van der Waals surface area contributed by atoms with Gasteiger partial charge in [0, 0.05) is 23.4 Å². The van der Waals surface area contributed by atoms with E-state index in [1.165, 1.54) is 11.3 Å². The zero-order valence-corrected chi connectivity index (χ0v) is 15.2. The summed E-state index contributed by atoms with van der Waals surface area (Å²) in [5.74, 6) is 0.795. The van der Waals surface area contributed by atoms with Crippen LogP contribution in [0.25, 0.3) is 0 Å². The molecule has 0 aliphatic carbocycles. The number of carbonyl (C=O) groups excluding carboxylic acids is 1. The summed E-state index contributed by atoms with van der Waals surface area (Å²) < 4.78 is 5.69. The number of ether oxygens (including phenoxy) is 1. The van der Waals surface area contributed by atoms with Gasteiger partial charge < -0.3 is 9.64 Å². The summed E-state index contributed by atoms with van der Waals surface area (Å²) in [7, 11) is 0. The molecule has 23 heavy (non-hydrogen) atoms. The number of nitrogens with zero attached hydrogens (tertiary/aromatic N) is 2. The second-order valence-electron chi connectivity index (χ2n) is 5.38. The van der Waals surface area contributed by atoms with Crippen molar-refractivity contribution < 1.29 is 9.53 Å². The minimum absolute atomic E-state index is 0.0732. The molecule has 0 unspecified atom stereocenters. The number of benzene rings is 1. The maximum atomic E-state index is 11.8. The molecule has 0 aliphatic rings. The fourth-order valence-electron chi connectivity index (χ4n) is 2.16. The number of aromatic nitrogens is 1. The number of amides is 1. The topological polar surface area (TPSA) is 42.4 Å². The molecular weight excluding hydrogens is 332 g/mol. The van der Waals surface area contributed by atoms with Crippen LogP contribution < -0.4 is 4.74 Å². The van der Waals surface area contributed by atoms with Crippen LogP contribution in [0.15, 0.2) is 29.6 Å². The lowest BCUT2D eigenvalue weighted by atomic mass is 10.2. The summed E-state index contributed by atoms with van der Waals surface area (Å²) >= 11 is 7.47. The van der Waals surface area contributed by atoms with Crippen molar-refractivity contribution >= 4 is 28.8 Å². The highest BCUT2D eigenvalue weighted by atomic mass is 35.5. The molecule has 0 N–H and O–H groups in total. The van der Waals surface area contributed by atoms with Crippen molar-refractivity contribution in [3.05, 3.63) is 45.4 Å². The van der Waals surface area contributed by atoms with Crippen molar-refractivity contribution in [3.63, 3.8) is 0 Å². The van der Waals surface area contributed by atoms with Crippen molar-refractivity contribution in [1.29, 1.82) is 0 Å². The number of carbonyl (C=O) groups is 1. The number of hydrogen-bond donors (Lipinski definition) is 0. The third-order valence-corrected chi connectivity index (χ3v) is 4.72. The molecule has 2 aromatic rings. The lowest BCUT2D eigenvalue weighted by molar-refractivity contribution is -0.131. The van der Waals surface area contributed by atoms with Crippen LogP contribution >= 0.6 is 22.9 Å². The monoisotopic (exact) mass is 352 g/mol. The number of rotatable bonds is 7. The average molecular weight is 353 g/mol. The number of halogens is 1. The minimum Gasteiger partial charge on any atom is -0.486 e. The van der Waals surface area contributed by atoms with E-state index in [1.54, 1.807) is 19.1 Å². The van der Waals surface area contributed by atoms with Crippen LogP contribution in [-0.4, -0.2) is 21.8 Å². The van der Waals surface area contributed by atoms with Gasteiger partial charge in [-0.2, -0.15) is 0 Å². The summed E-state index contributed by atoms with van der Waals surface area (Å²) in [5.41, 5.74) is 0.898. The zero-order chi connectivity index (χ0) is 16.8. The molecule has 1 amide bonds. The van der Waals surface area contributed by atoms with Gasteiger partial charge in [0.1, 0.15) is 17.4 Å². The smallest absolute Gasteiger partial charge is 0.220 e. The molecule has 0 spiro atoms. The first-order valence-corrected chi connectivity index (χ1v) is 8.84. The molecule has 1 heterocycles. The summed E-state index contributed by atoms with van der Waals surface area (Å²) in [6.45, 7) is 6.66. The van der Waals surface area contributed by atoms with Crippen molar-refractivity contribution in [2.45, 2.75) is 46.4 Å². The molecule has 4 nitrogen and oxygen atoms in total. The van der Waals surface area contributed by atoms with Gasteiger partial charge in [-0.05, 0) is 31.5 Å². The Morgan fingerprint density at radius 2 is 2.26 bits per heavy atom.